The zero-order chi connectivity index (χ0) is 18.3. The molecule has 0 radical (unpaired) electrons. The van der Waals surface area contributed by atoms with Crippen LogP contribution in [0.2, 0.25) is 0 Å². The van der Waals surface area contributed by atoms with Gasteiger partial charge in [-0.1, -0.05) is 28.1 Å². The molecule has 1 saturated carbocycles. The van der Waals surface area contributed by atoms with Crippen molar-refractivity contribution in [3.63, 3.8) is 0 Å². The van der Waals surface area contributed by atoms with Gasteiger partial charge in [0, 0.05) is 28.4 Å². The van der Waals surface area contributed by atoms with Gasteiger partial charge < -0.3 is 4.90 Å². The van der Waals surface area contributed by atoms with Crippen molar-refractivity contribution in [2.24, 2.45) is 0 Å². The highest BCUT2D eigenvalue weighted by atomic mass is 79.9. The van der Waals surface area contributed by atoms with Gasteiger partial charge in [-0.05, 0) is 50.5 Å². The number of aryl methyl sites for hydroxylation is 2. The van der Waals surface area contributed by atoms with E-state index in [1.165, 1.54) is 0 Å². The molecule has 0 spiro atoms. The minimum atomic E-state index is 0.0674. The third-order valence-corrected chi connectivity index (χ3v) is 5.01. The van der Waals surface area contributed by atoms with Crippen molar-refractivity contribution < 1.29 is 4.79 Å². The molecule has 0 aliphatic heterocycles. The first-order chi connectivity index (χ1) is 12.5. The maximum atomic E-state index is 12.9. The van der Waals surface area contributed by atoms with E-state index in [4.69, 9.17) is 0 Å². The average molecular weight is 414 g/mol. The molecule has 3 aromatic rings. The number of hydrogen-bond donors (Lipinski definition) is 0. The number of nitrogens with zero attached hydrogens (tertiary/aromatic N) is 5. The topological polar surface area (TPSA) is 63.4 Å². The van der Waals surface area contributed by atoms with Gasteiger partial charge >= 0.3 is 0 Å². The van der Waals surface area contributed by atoms with Gasteiger partial charge in [-0.25, -0.2) is 9.50 Å². The molecule has 0 bridgehead atoms. The normalized spacial score (nSPS) is 14.0. The summed E-state index contributed by atoms with van der Waals surface area (Å²) in [7, 11) is 0. The Hall–Kier alpha value is -2.28. The first-order valence-corrected chi connectivity index (χ1v) is 9.53. The number of rotatable bonds is 5. The Labute approximate surface area is 160 Å². The van der Waals surface area contributed by atoms with Gasteiger partial charge in [0.15, 0.2) is 5.82 Å². The standard InChI is InChI=1S/C19H20BrN5O/c1-12-8-13(2)25-19(21-12)22-17(23-25)10-18(26)24(16-6-7-16)11-14-4-3-5-15(20)9-14/h3-5,8-9,16H,6-7,10-11H2,1-2H3. The molecule has 7 heteroatoms. The lowest BCUT2D eigenvalue weighted by atomic mass is 10.2. The van der Waals surface area contributed by atoms with Crippen LogP contribution in [0.25, 0.3) is 5.78 Å². The van der Waals surface area contributed by atoms with Crippen molar-refractivity contribution >= 4 is 27.6 Å². The molecule has 1 aromatic carbocycles. The summed E-state index contributed by atoms with van der Waals surface area (Å²) in [6.45, 7) is 4.51. The molecule has 1 aliphatic carbocycles. The third kappa shape index (κ3) is 3.62. The van der Waals surface area contributed by atoms with Crippen LogP contribution in [0.4, 0.5) is 0 Å². The number of fused-ring (bicyclic) bond motifs is 1. The van der Waals surface area contributed by atoms with E-state index in [2.05, 4.69) is 37.1 Å². The molecule has 2 aromatic heterocycles. The average Bonchev–Trinajstić information content (AvgIpc) is 3.33. The SMILES string of the molecule is Cc1cc(C)n2nc(CC(=O)N(Cc3cccc(Br)c3)C3CC3)nc2n1. The molecular weight excluding hydrogens is 394 g/mol. The second-order valence-electron chi connectivity index (χ2n) is 6.84. The lowest BCUT2D eigenvalue weighted by Gasteiger charge is -2.22. The van der Waals surface area contributed by atoms with E-state index in [1.807, 2.05) is 43.0 Å². The van der Waals surface area contributed by atoms with Crippen molar-refractivity contribution in [2.45, 2.75) is 45.7 Å². The van der Waals surface area contributed by atoms with E-state index in [1.54, 1.807) is 4.52 Å². The first kappa shape index (κ1) is 17.1. The first-order valence-electron chi connectivity index (χ1n) is 8.73. The predicted molar refractivity (Wildman–Crippen MR) is 102 cm³/mol. The zero-order valence-corrected chi connectivity index (χ0v) is 16.4. The fourth-order valence-electron chi connectivity index (χ4n) is 3.16. The molecule has 0 N–H and O–H groups in total. The van der Waals surface area contributed by atoms with Crippen LogP contribution in [0.1, 0.15) is 35.6 Å². The predicted octanol–water partition coefficient (Wildman–Crippen LogP) is 3.24. The minimum absolute atomic E-state index is 0.0674. The maximum Gasteiger partial charge on any atom is 0.252 e. The number of amides is 1. The van der Waals surface area contributed by atoms with Crippen molar-refractivity contribution in [3.05, 3.63) is 57.6 Å². The molecule has 1 aliphatic rings. The van der Waals surface area contributed by atoms with Crippen molar-refractivity contribution in [1.82, 2.24) is 24.5 Å². The number of benzene rings is 1. The Bertz CT molecular complexity index is 979. The molecule has 0 saturated heterocycles. The van der Waals surface area contributed by atoms with Crippen molar-refractivity contribution in [1.29, 1.82) is 0 Å². The Balaban J connectivity index is 1.54. The maximum absolute atomic E-state index is 12.9. The summed E-state index contributed by atoms with van der Waals surface area (Å²) in [6, 6.07) is 10.4. The summed E-state index contributed by atoms with van der Waals surface area (Å²) in [5.74, 6) is 1.14. The fourth-order valence-corrected chi connectivity index (χ4v) is 3.61. The van der Waals surface area contributed by atoms with Gasteiger partial charge in [0.05, 0.1) is 6.42 Å². The summed E-state index contributed by atoms with van der Waals surface area (Å²) in [4.78, 5) is 23.7. The van der Waals surface area contributed by atoms with E-state index >= 15 is 0 Å². The molecule has 26 heavy (non-hydrogen) atoms. The molecular formula is C19H20BrN5O. The monoisotopic (exact) mass is 413 g/mol. The highest BCUT2D eigenvalue weighted by Gasteiger charge is 2.33. The molecule has 134 valence electrons. The summed E-state index contributed by atoms with van der Waals surface area (Å²) >= 11 is 3.49. The number of aromatic nitrogens is 4. The number of carbonyl (C=O) groups is 1. The van der Waals surface area contributed by atoms with Crippen LogP contribution in [0.5, 0.6) is 0 Å². The lowest BCUT2D eigenvalue weighted by molar-refractivity contribution is -0.131. The summed E-state index contributed by atoms with van der Waals surface area (Å²) < 4.78 is 2.72. The van der Waals surface area contributed by atoms with Crippen LogP contribution in [0.3, 0.4) is 0 Å². The van der Waals surface area contributed by atoms with Gasteiger partial charge in [0.1, 0.15) is 0 Å². The highest BCUT2D eigenvalue weighted by molar-refractivity contribution is 9.10. The van der Waals surface area contributed by atoms with Crippen molar-refractivity contribution in [2.75, 3.05) is 0 Å². The summed E-state index contributed by atoms with van der Waals surface area (Å²) in [6.07, 6.45) is 2.34. The molecule has 4 rings (SSSR count). The lowest BCUT2D eigenvalue weighted by Crippen LogP contribution is -2.34. The van der Waals surface area contributed by atoms with Crippen molar-refractivity contribution in [3.8, 4) is 0 Å². The number of hydrogen-bond acceptors (Lipinski definition) is 4. The number of halogens is 1. The number of carbonyl (C=O) groups excluding carboxylic acids is 1. The van der Waals surface area contributed by atoms with Crippen LogP contribution >= 0.6 is 15.9 Å². The van der Waals surface area contributed by atoms with E-state index in [-0.39, 0.29) is 12.3 Å². The van der Waals surface area contributed by atoms with E-state index in [9.17, 15) is 4.79 Å². The Kier molecular flexibility index (Phi) is 4.48. The van der Waals surface area contributed by atoms with Crippen LogP contribution in [-0.2, 0) is 17.8 Å². The minimum Gasteiger partial charge on any atom is -0.335 e. The zero-order valence-electron chi connectivity index (χ0n) is 14.8. The van der Waals surface area contributed by atoms with E-state index in [0.717, 1.165) is 34.3 Å². The Morgan fingerprint density at radius 2 is 2.08 bits per heavy atom. The van der Waals surface area contributed by atoms with Crippen LogP contribution in [0, 0.1) is 13.8 Å². The highest BCUT2D eigenvalue weighted by Crippen LogP contribution is 2.29. The molecule has 0 unspecified atom stereocenters. The summed E-state index contributed by atoms with van der Waals surface area (Å²) in [5, 5.41) is 4.46. The molecule has 0 atom stereocenters. The fraction of sp³-hybridized carbons (Fsp3) is 0.368. The van der Waals surface area contributed by atoms with Crippen LogP contribution < -0.4 is 0 Å². The van der Waals surface area contributed by atoms with E-state index < -0.39 is 0 Å². The second kappa shape index (κ2) is 6.79. The van der Waals surface area contributed by atoms with Gasteiger partial charge in [-0.2, -0.15) is 4.98 Å². The molecule has 1 fully saturated rings. The van der Waals surface area contributed by atoms with E-state index in [0.29, 0.717) is 24.2 Å². The van der Waals surface area contributed by atoms with Gasteiger partial charge in [0.25, 0.3) is 5.78 Å². The smallest absolute Gasteiger partial charge is 0.252 e. The molecule has 2 heterocycles. The molecule has 1 amide bonds. The van der Waals surface area contributed by atoms with Crippen LogP contribution in [-0.4, -0.2) is 36.4 Å². The Morgan fingerprint density at radius 1 is 1.27 bits per heavy atom. The quantitative estimate of drug-likeness (QED) is 0.643. The Morgan fingerprint density at radius 3 is 2.81 bits per heavy atom. The van der Waals surface area contributed by atoms with Gasteiger partial charge in [0.2, 0.25) is 5.91 Å². The third-order valence-electron chi connectivity index (χ3n) is 4.52. The summed E-state index contributed by atoms with van der Waals surface area (Å²) in [5.41, 5.74) is 2.98. The largest absolute Gasteiger partial charge is 0.335 e. The van der Waals surface area contributed by atoms with Gasteiger partial charge in [-0.15, -0.1) is 5.10 Å². The second-order valence-corrected chi connectivity index (χ2v) is 7.75. The van der Waals surface area contributed by atoms with Gasteiger partial charge in [-0.3, -0.25) is 4.79 Å². The van der Waals surface area contributed by atoms with Crippen LogP contribution in [0.15, 0.2) is 34.8 Å². The molecule has 6 nitrogen and oxygen atoms in total.